The predicted molar refractivity (Wildman–Crippen MR) is 452 cm³/mol. The van der Waals surface area contributed by atoms with Crippen LogP contribution in [0.1, 0.15) is 0 Å². The van der Waals surface area contributed by atoms with Gasteiger partial charge in [-0.15, -0.1) is 0 Å². The quantitative estimate of drug-likeness (QED) is 0.0811. The molecule has 14 aromatic carbocycles. The summed E-state index contributed by atoms with van der Waals surface area (Å²) in [6, 6.07) is 97.9. The van der Waals surface area contributed by atoms with E-state index < -0.39 is 83.7 Å². The van der Waals surface area contributed by atoms with Crippen molar-refractivity contribution in [2.24, 2.45) is 0 Å². The van der Waals surface area contributed by atoms with Crippen LogP contribution >= 0.6 is 0 Å². The lowest BCUT2D eigenvalue weighted by atomic mass is 9.92. The molecule has 12 N–H and O–H groups in total. The first kappa shape index (κ1) is 92.8. The van der Waals surface area contributed by atoms with Crippen LogP contribution in [0.2, 0.25) is 0 Å². The zero-order valence-electron chi connectivity index (χ0n) is 62.6. The van der Waals surface area contributed by atoms with Crippen LogP contribution < -0.4 is 22.9 Å². The predicted octanol–water partition coefficient (Wildman–Crippen LogP) is 12.5. The molecule has 0 unspecified atom stereocenters. The molecule has 14 aromatic rings. The van der Waals surface area contributed by atoms with E-state index in [0.29, 0.717) is 0 Å². The first-order chi connectivity index (χ1) is 52.7. The maximum atomic E-state index is 10.3. The van der Waals surface area contributed by atoms with Crippen LogP contribution in [0.25, 0.3) is 87.6 Å². The summed E-state index contributed by atoms with van der Waals surface area (Å²) in [5.74, 6) is 0. The zero-order valence-corrected chi connectivity index (χ0v) is 69.2. The lowest BCUT2D eigenvalue weighted by molar-refractivity contribution is -0.255. The van der Waals surface area contributed by atoms with E-state index in [2.05, 4.69) is 217 Å². The number of hydrogen-bond acceptors (Lipinski definition) is 16. The van der Waals surface area contributed by atoms with Gasteiger partial charge in [0.15, 0.2) is 0 Å². The van der Waals surface area contributed by atoms with Crippen LogP contribution in [0.4, 0.5) is 22.7 Å². The maximum absolute atomic E-state index is 10.3. The Morgan fingerprint density at radius 1 is 0.214 bits per heavy atom. The second-order valence-electron chi connectivity index (χ2n) is 24.6. The average molecular weight is 1670 g/mol. The molecule has 20 nitrogen and oxygen atoms in total. The Morgan fingerprint density at radius 2 is 0.357 bits per heavy atom. The van der Waals surface area contributed by atoms with Crippen molar-refractivity contribution in [2.45, 2.75) is 19.6 Å². The molecule has 0 heterocycles. The fraction of sp³-hybridized carbons (Fsp3) is 0.0952. The second-order valence-corrected chi connectivity index (χ2v) is 36.1. The number of rotatable bonds is 8. The Bertz CT molecular complexity index is 5190. The number of benzene rings is 14. The van der Waals surface area contributed by atoms with Gasteiger partial charge in [0.2, 0.25) is 0 Å². The smallest absolute Gasteiger partial charge is 0.127 e. The fourth-order valence-electron chi connectivity index (χ4n) is 10.2. The molecule has 0 amide bonds. The Kier molecular flexibility index (Phi) is 37.3. The van der Waals surface area contributed by atoms with Crippen molar-refractivity contribution in [3.05, 3.63) is 315 Å². The molecule has 0 aliphatic heterocycles. The van der Waals surface area contributed by atoms with Crippen molar-refractivity contribution >= 4 is 150 Å². The molecule has 112 heavy (non-hydrogen) atoms. The third-order valence-corrected chi connectivity index (χ3v) is 18.3. The minimum Gasteiger partial charge on any atom is -0.744 e. The van der Waals surface area contributed by atoms with Gasteiger partial charge in [-0.2, -0.15) is 0 Å². The molecule has 0 radical (unpaired) electrons. The average Bonchev–Trinajstić information content (AvgIpc) is 0.768. The minimum absolute atomic E-state index is 0.185. The van der Waals surface area contributed by atoms with Gasteiger partial charge in [0.05, 0.1) is 19.6 Å². The van der Waals surface area contributed by atoms with Gasteiger partial charge >= 0.3 is 0 Å². The highest BCUT2D eigenvalue weighted by Crippen LogP contribution is 2.38. The van der Waals surface area contributed by atoms with E-state index >= 15 is 0 Å². The van der Waals surface area contributed by atoms with Gasteiger partial charge < -0.3 is 41.1 Å². The van der Waals surface area contributed by atoms with E-state index in [1.165, 1.54) is 185 Å². The van der Waals surface area contributed by atoms with Gasteiger partial charge in [-0.25, -0.2) is 33.7 Å². The summed E-state index contributed by atoms with van der Waals surface area (Å²) in [7, 11) is -19.5. The molecule has 0 aromatic heterocycles. The van der Waals surface area contributed by atoms with Crippen molar-refractivity contribution in [3.63, 3.8) is 0 Å². The summed E-state index contributed by atoms with van der Waals surface area (Å²) in [4.78, 5) is -0.741. The summed E-state index contributed by atoms with van der Waals surface area (Å²) in [6.07, 6.45) is 13.1. The first-order valence-corrected chi connectivity index (χ1v) is 46.9. The van der Waals surface area contributed by atoms with Crippen molar-refractivity contribution in [1.29, 1.82) is 0 Å². The van der Waals surface area contributed by atoms with Crippen molar-refractivity contribution in [2.75, 3.05) is 50.0 Å². The van der Waals surface area contributed by atoms with E-state index in [9.17, 15) is 68.7 Å². The lowest BCUT2D eigenvalue weighted by Crippen LogP contribution is -2.39. The summed E-state index contributed by atoms with van der Waals surface area (Å²) in [6.45, 7) is 0. The molecule has 0 aliphatic carbocycles. The zero-order chi connectivity index (χ0) is 82.9. The van der Waals surface area contributed by atoms with Gasteiger partial charge in [0, 0.05) is 93.2 Å². The third-order valence-electron chi connectivity index (χ3n) is 14.9. The molecule has 0 aliphatic rings. The molecule has 14 rings (SSSR count). The van der Waals surface area contributed by atoms with Gasteiger partial charge in [0.25, 0.3) is 0 Å². The largest absolute Gasteiger partial charge is 0.744 e. The Morgan fingerprint density at radius 3 is 0.482 bits per heavy atom. The molecule has 0 fully saturated rings. The molecule has 588 valence electrons. The topological polar surface area (TPSA) is 408 Å². The Hall–Kier alpha value is -9.80. The monoisotopic (exact) mass is 1660 g/mol. The number of hydrogen-bond donors (Lipinski definition) is 4. The van der Waals surface area contributed by atoms with E-state index in [-0.39, 0.29) is 19.6 Å². The highest BCUT2D eigenvalue weighted by Gasteiger charge is 2.13. The number of quaternary nitrogens is 4. The minimum atomic E-state index is -4.25. The van der Waals surface area contributed by atoms with Gasteiger partial charge in [-0.1, -0.05) is 146 Å². The van der Waals surface area contributed by atoms with Crippen molar-refractivity contribution in [3.8, 4) is 44.5 Å². The van der Waals surface area contributed by atoms with E-state index in [1.807, 2.05) is 0 Å². The maximum Gasteiger partial charge on any atom is 0.127 e. The van der Waals surface area contributed by atoms with Crippen LogP contribution in [0, 0.1) is 0 Å². The van der Waals surface area contributed by atoms with E-state index in [4.69, 9.17) is 0 Å². The highest BCUT2D eigenvalue weighted by atomic mass is 32.2. The van der Waals surface area contributed by atoms with Crippen LogP contribution in [-0.2, 0) is 83.7 Å². The Labute approximate surface area is 665 Å². The summed E-state index contributed by atoms with van der Waals surface area (Å²) < 4.78 is 162. The standard InChI is InChI=1S/2C26H20N2.4C6H6O3S.4C2H6OS/c2*27-21-11-7-17(8-12-21)23-5-1-3-19-15-26-20(16-25(19)23)4-2-6-24(26)18-9-13-22(28)14-10-18;4*7-10(8,9)6-4-2-1-3-5-6;4*1-4(2)3/h2*1-16H,27-28H2;4*1-5H,(H,7,8,9);4*1-2H3. The van der Waals surface area contributed by atoms with Crippen LogP contribution in [0.5, 0.6) is 0 Å². The first-order valence-electron chi connectivity index (χ1n) is 33.4. The summed E-state index contributed by atoms with van der Waals surface area (Å²) in [5, 5.41) is 10.1. The lowest BCUT2D eigenvalue weighted by Gasteiger charge is -2.12. The van der Waals surface area contributed by atoms with Crippen molar-refractivity contribution < 1.29 is 91.7 Å². The molecule has 0 bridgehead atoms. The van der Waals surface area contributed by atoms with Gasteiger partial charge in [0.1, 0.15) is 63.2 Å². The molecular weight excluding hydrogens is 1580 g/mol. The SMILES string of the molecule is CS(C)=O.CS(C)=O.CS(C)=O.CS(C)=O.O=S(=O)([O-])c1ccccc1.O=S(=O)([O-])c1ccccc1.O=S(=O)([O-])c1ccccc1.O=S(=O)([O-])c1ccccc1.[NH3+]c1ccc(-c2cccc3cc4c(-c5ccc([NH3+])cc5)cccc4cc23)cc1.[NH3+]c1ccc(-c2cccc3cc4c(-c5ccc([NH3+])cc5)cccc4cc23)cc1. The van der Waals surface area contributed by atoms with Crippen LogP contribution in [0.3, 0.4) is 0 Å². The molecule has 28 heteroatoms. The normalized spacial score (nSPS) is 10.9. The van der Waals surface area contributed by atoms with Gasteiger partial charge in [-0.3, -0.25) is 16.8 Å². The van der Waals surface area contributed by atoms with Crippen molar-refractivity contribution in [1.82, 2.24) is 0 Å². The highest BCUT2D eigenvalue weighted by molar-refractivity contribution is 7.86. The summed E-state index contributed by atoms with van der Waals surface area (Å²) >= 11 is 0. The number of fused-ring (bicyclic) bond motifs is 4. The molecule has 0 spiro atoms. The van der Waals surface area contributed by atoms with Crippen LogP contribution in [-0.4, -0.2) is 119 Å². The summed E-state index contributed by atoms with van der Waals surface area (Å²) in [5.41, 5.74) is 30.0. The fourth-order valence-corrected chi connectivity index (χ4v) is 12.2. The second kappa shape index (κ2) is 45.0. The Balaban J connectivity index is 0.000000245. The third kappa shape index (κ3) is 32.5. The van der Waals surface area contributed by atoms with E-state index in [1.54, 1.807) is 74.3 Å². The van der Waals surface area contributed by atoms with E-state index in [0.717, 1.165) is 22.7 Å². The van der Waals surface area contributed by atoms with Gasteiger partial charge in [-0.05, 0) is 257 Å². The van der Waals surface area contributed by atoms with Crippen LogP contribution in [0.15, 0.2) is 335 Å². The molecule has 0 atom stereocenters. The molecule has 0 saturated heterocycles. The molecule has 0 saturated carbocycles. The molecular formula is C84H88N4O16S8.